The fourth-order valence-electron chi connectivity index (χ4n) is 2.39. The first-order valence-corrected chi connectivity index (χ1v) is 8.15. The molecule has 3 aromatic rings. The number of aryl methyl sites for hydroxylation is 2. The van der Waals surface area contributed by atoms with Crippen LogP contribution in [-0.2, 0) is 17.9 Å². The average Bonchev–Trinajstić information content (AvgIpc) is 3.24. The molecule has 2 heterocycles. The van der Waals surface area contributed by atoms with Crippen LogP contribution in [0, 0.1) is 6.92 Å². The third kappa shape index (κ3) is 4.56. The molecule has 8 heteroatoms. The van der Waals surface area contributed by atoms with Crippen molar-refractivity contribution in [2.45, 2.75) is 26.4 Å². The zero-order valence-corrected chi connectivity index (χ0v) is 14.3. The molecule has 0 aliphatic carbocycles. The molecule has 0 atom stereocenters. The van der Waals surface area contributed by atoms with E-state index in [9.17, 15) is 9.59 Å². The Labute approximate surface area is 150 Å². The molecule has 1 amide bonds. The lowest BCUT2D eigenvalue weighted by Gasteiger charge is -2.03. The molecular formula is C18H19N5O3. The zero-order valence-electron chi connectivity index (χ0n) is 14.3. The predicted molar refractivity (Wildman–Crippen MR) is 94.9 cm³/mol. The largest absolute Gasteiger partial charge is 0.481 e. The number of carbonyl (C=O) groups excluding carboxylic acids is 1. The van der Waals surface area contributed by atoms with Gasteiger partial charge in [0.05, 0.1) is 19.5 Å². The summed E-state index contributed by atoms with van der Waals surface area (Å²) in [6.45, 7) is 2.86. The van der Waals surface area contributed by atoms with E-state index < -0.39 is 5.97 Å². The van der Waals surface area contributed by atoms with Crippen molar-refractivity contribution in [3.05, 3.63) is 65.6 Å². The number of anilines is 1. The standard InChI is InChI=1S/C18H19N5O3/c1-13-2-4-14(5-3-13)12-23-10-7-16(21-23)19-18(26)15-6-9-22(20-15)11-8-17(24)25/h2-7,9-10H,8,11-12H2,1H3,(H,24,25)(H,19,21,26). The van der Waals surface area contributed by atoms with Crippen LogP contribution >= 0.6 is 0 Å². The summed E-state index contributed by atoms with van der Waals surface area (Å²) in [7, 11) is 0. The van der Waals surface area contributed by atoms with Gasteiger partial charge in [0.15, 0.2) is 11.5 Å². The van der Waals surface area contributed by atoms with E-state index in [-0.39, 0.29) is 24.6 Å². The maximum atomic E-state index is 12.2. The lowest BCUT2D eigenvalue weighted by Crippen LogP contribution is -2.14. The third-order valence-corrected chi connectivity index (χ3v) is 3.78. The van der Waals surface area contributed by atoms with E-state index in [1.807, 2.05) is 31.2 Å². The number of carbonyl (C=O) groups is 2. The summed E-state index contributed by atoms with van der Waals surface area (Å²) in [5.41, 5.74) is 2.53. The van der Waals surface area contributed by atoms with Crippen LogP contribution < -0.4 is 5.32 Å². The second-order valence-corrected chi connectivity index (χ2v) is 5.95. The smallest absolute Gasteiger partial charge is 0.305 e. The minimum absolute atomic E-state index is 0.0494. The molecule has 0 saturated heterocycles. The topological polar surface area (TPSA) is 102 Å². The van der Waals surface area contributed by atoms with Gasteiger partial charge >= 0.3 is 5.97 Å². The van der Waals surface area contributed by atoms with E-state index in [0.717, 1.165) is 5.56 Å². The van der Waals surface area contributed by atoms with Crippen molar-refractivity contribution in [1.29, 1.82) is 0 Å². The molecule has 134 valence electrons. The summed E-state index contributed by atoms with van der Waals surface area (Å²) in [5, 5.41) is 19.8. The summed E-state index contributed by atoms with van der Waals surface area (Å²) in [6, 6.07) is 11.4. The van der Waals surface area contributed by atoms with Crippen LogP contribution in [0.1, 0.15) is 28.0 Å². The molecule has 3 rings (SSSR count). The fourth-order valence-corrected chi connectivity index (χ4v) is 2.39. The number of carboxylic acids is 1. The van der Waals surface area contributed by atoms with Crippen molar-refractivity contribution >= 4 is 17.7 Å². The number of hydrogen-bond donors (Lipinski definition) is 2. The highest BCUT2D eigenvalue weighted by Crippen LogP contribution is 2.09. The lowest BCUT2D eigenvalue weighted by molar-refractivity contribution is -0.137. The van der Waals surface area contributed by atoms with Gasteiger partial charge < -0.3 is 10.4 Å². The Bertz CT molecular complexity index is 911. The number of rotatable bonds is 7. The number of nitrogens with zero attached hydrogens (tertiary/aromatic N) is 4. The highest BCUT2D eigenvalue weighted by Gasteiger charge is 2.12. The molecule has 0 aliphatic heterocycles. The summed E-state index contributed by atoms with van der Waals surface area (Å²) in [6.07, 6.45) is 3.32. The Hall–Kier alpha value is -3.42. The summed E-state index contributed by atoms with van der Waals surface area (Å²) >= 11 is 0. The summed E-state index contributed by atoms with van der Waals surface area (Å²) < 4.78 is 3.17. The second kappa shape index (κ2) is 7.64. The van der Waals surface area contributed by atoms with Crippen molar-refractivity contribution in [3.8, 4) is 0 Å². The SMILES string of the molecule is Cc1ccc(Cn2ccc(NC(=O)c3ccn(CCC(=O)O)n3)n2)cc1. The number of aromatic nitrogens is 4. The molecule has 0 spiro atoms. The Morgan fingerprint density at radius 1 is 1.04 bits per heavy atom. The average molecular weight is 353 g/mol. The lowest BCUT2D eigenvalue weighted by atomic mass is 10.1. The zero-order chi connectivity index (χ0) is 18.5. The molecule has 0 bridgehead atoms. The molecule has 0 radical (unpaired) electrons. The molecule has 26 heavy (non-hydrogen) atoms. The Morgan fingerprint density at radius 2 is 1.77 bits per heavy atom. The monoisotopic (exact) mass is 353 g/mol. The Morgan fingerprint density at radius 3 is 2.50 bits per heavy atom. The van der Waals surface area contributed by atoms with Gasteiger partial charge in [-0.2, -0.15) is 10.2 Å². The van der Waals surface area contributed by atoms with Crippen molar-refractivity contribution in [2.24, 2.45) is 0 Å². The quantitative estimate of drug-likeness (QED) is 0.678. The van der Waals surface area contributed by atoms with Crippen LogP contribution in [0.4, 0.5) is 5.82 Å². The van der Waals surface area contributed by atoms with Gasteiger partial charge in [-0.1, -0.05) is 29.8 Å². The summed E-state index contributed by atoms with van der Waals surface area (Å²) in [4.78, 5) is 22.8. The summed E-state index contributed by atoms with van der Waals surface area (Å²) in [5.74, 6) is -0.868. The van der Waals surface area contributed by atoms with Gasteiger partial charge in [-0.25, -0.2) is 0 Å². The van der Waals surface area contributed by atoms with E-state index in [1.165, 1.54) is 10.2 Å². The third-order valence-electron chi connectivity index (χ3n) is 3.78. The first-order chi connectivity index (χ1) is 12.5. The first-order valence-electron chi connectivity index (χ1n) is 8.15. The van der Waals surface area contributed by atoms with Gasteiger partial charge in [-0.15, -0.1) is 0 Å². The molecule has 1 aromatic carbocycles. The van der Waals surface area contributed by atoms with E-state index in [1.54, 1.807) is 29.2 Å². The van der Waals surface area contributed by atoms with E-state index in [4.69, 9.17) is 5.11 Å². The molecule has 0 fully saturated rings. The van der Waals surface area contributed by atoms with Gasteiger partial charge in [0.1, 0.15) is 0 Å². The number of amides is 1. The van der Waals surface area contributed by atoms with Crippen LogP contribution in [0.25, 0.3) is 0 Å². The normalized spacial score (nSPS) is 10.7. The number of nitrogens with one attached hydrogen (secondary N) is 1. The second-order valence-electron chi connectivity index (χ2n) is 5.95. The first kappa shape index (κ1) is 17.4. The van der Waals surface area contributed by atoms with Gasteiger partial charge in [0.25, 0.3) is 5.91 Å². The minimum Gasteiger partial charge on any atom is -0.481 e. The van der Waals surface area contributed by atoms with Crippen molar-refractivity contribution < 1.29 is 14.7 Å². The van der Waals surface area contributed by atoms with Gasteiger partial charge in [-0.05, 0) is 18.6 Å². The molecule has 2 aromatic heterocycles. The van der Waals surface area contributed by atoms with Crippen LogP contribution in [0.2, 0.25) is 0 Å². The molecule has 0 aliphatic rings. The number of benzene rings is 1. The maximum absolute atomic E-state index is 12.2. The van der Waals surface area contributed by atoms with E-state index >= 15 is 0 Å². The molecule has 0 saturated carbocycles. The predicted octanol–water partition coefficient (Wildman–Crippen LogP) is 2.16. The van der Waals surface area contributed by atoms with Gasteiger partial charge in [-0.3, -0.25) is 19.0 Å². The van der Waals surface area contributed by atoms with Crippen LogP contribution in [0.15, 0.2) is 48.8 Å². The van der Waals surface area contributed by atoms with E-state index in [2.05, 4.69) is 15.5 Å². The number of hydrogen-bond acceptors (Lipinski definition) is 4. The molecule has 8 nitrogen and oxygen atoms in total. The Kier molecular flexibility index (Phi) is 5.12. The van der Waals surface area contributed by atoms with Crippen LogP contribution in [0.5, 0.6) is 0 Å². The van der Waals surface area contributed by atoms with Crippen molar-refractivity contribution in [3.63, 3.8) is 0 Å². The molecular weight excluding hydrogens is 334 g/mol. The fraction of sp³-hybridized carbons (Fsp3) is 0.222. The number of aliphatic carboxylic acids is 1. The minimum atomic E-state index is -0.911. The van der Waals surface area contributed by atoms with Gasteiger partial charge in [0, 0.05) is 18.5 Å². The molecule has 2 N–H and O–H groups in total. The molecule has 0 unspecified atom stereocenters. The highest BCUT2D eigenvalue weighted by molar-refractivity contribution is 6.02. The van der Waals surface area contributed by atoms with Gasteiger partial charge in [0.2, 0.25) is 0 Å². The van der Waals surface area contributed by atoms with Crippen LogP contribution in [-0.4, -0.2) is 36.5 Å². The van der Waals surface area contributed by atoms with Crippen LogP contribution in [0.3, 0.4) is 0 Å². The maximum Gasteiger partial charge on any atom is 0.305 e. The number of carboxylic acid groups (broad SMARTS) is 1. The van der Waals surface area contributed by atoms with E-state index in [0.29, 0.717) is 12.4 Å². The highest BCUT2D eigenvalue weighted by atomic mass is 16.4. The van der Waals surface area contributed by atoms with Crippen molar-refractivity contribution in [1.82, 2.24) is 19.6 Å². The van der Waals surface area contributed by atoms with Crippen molar-refractivity contribution in [2.75, 3.05) is 5.32 Å². The Balaban J connectivity index is 1.59.